The van der Waals surface area contributed by atoms with E-state index < -0.39 is 0 Å². The third kappa shape index (κ3) is 3.56. The zero-order valence-electron chi connectivity index (χ0n) is 15.7. The van der Waals surface area contributed by atoms with Gasteiger partial charge in [-0.2, -0.15) is 0 Å². The molecule has 4 aromatic rings. The lowest BCUT2D eigenvalue weighted by Crippen LogP contribution is -2.49. The summed E-state index contributed by atoms with van der Waals surface area (Å²) >= 11 is 1.61. The van der Waals surface area contributed by atoms with Crippen molar-refractivity contribution < 1.29 is 4.79 Å². The second-order valence-electron chi connectivity index (χ2n) is 6.90. The van der Waals surface area contributed by atoms with E-state index >= 15 is 0 Å². The Morgan fingerprint density at radius 1 is 1.03 bits per heavy atom. The molecule has 0 unspecified atom stereocenters. The van der Waals surface area contributed by atoms with E-state index in [1.807, 2.05) is 40.6 Å². The maximum absolute atomic E-state index is 12.8. The molecule has 1 aliphatic rings. The third-order valence-corrected chi connectivity index (χ3v) is 5.87. The van der Waals surface area contributed by atoms with Crippen LogP contribution >= 0.6 is 11.3 Å². The molecule has 5 rings (SSSR count). The molecule has 146 valence electrons. The van der Waals surface area contributed by atoms with Gasteiger partial charge in [0.15, 0.2) is 5.69 Å². The standard InChI is InChI=1S/C20H19N7OS/c28-20(17-13-27(24-23-17)12-15-4-2-1-3-5-15)26-9-7-25(8-10-26)18-16-6-11-29-19(16)22-14-21-18/h1-6,11,13-14H,7-10,12H2. The zero-order valence-corrected chi connectivity index (χ0v) is 16.5. The molecule has 0 N–H and O–H groups in total. The zero-order chi connectivity index (χ0) is 19.6. The van der Waals surface area contributed by atoms with Crippen LogP contribution in [0.1, 0.15) is 16.1 Å². The van der Waals surface area contributed by atoms with Gasteiger partial charge in [-0.3, -0.25) is 4.79 Å². The number of rotatable bonds is 4. The Morgan fingerprint density at radius 3 is 2.69 bits per heavy atom. The van der Waals surface area contributed by atoms with Crippen molar-refractivity contribution in [1.29, 1.82) is 0 Å². The molecule has 29 heavy (non-hydrogen) atoms. The summed E-state index contributed by atoms with van der Waals surface area (Å²) in [6.45, 7) is 3.30. The van der Waals surface area contributed by atoms with Crippen LogP contribution in [0.3, 0.4) is 0 Å². The fraction of sp³-hybridized carbons (Fsp3) is 0.250. The largest absolute Gasteiger partial charge is 0.352 e. The number of nitrogens with zero attached hydrogens (tertiary/aromatic N) is 7. The predicted octanol–water partition coefficient (Wildman–Crippen LogP) is 2.29. The first kappa shape index (κ1) is 17.7. The number of hydrogen-bond acceptors (Lipinski definition) is 7. The number of fused-ring (bicyclic) bond motifs is 1. The van der Waals surface area contributed by atoms with Crippen molar-refractivity contribution in [3.05, 3.63) is 65.6 Å². The van der Waals surface area contributed by atoms with Gasteiger partial charge in [-0.1, -0.05) is 35.5 Å². The van der Waals surface area contributed by atoms with E-state index in [4.69, 9.17) is 0 Å². The summed E-state index contributed by atoms with van der Waals surface area (Å²) in [5.41, 5.74) is 1.51. The minimum Gasteiger partial charge on any atom is -0.352 e. The number of benzene rings is 1. The van der Waals surface area contributed by atoms with Crippen molar-refractivity contribution in [1.82, 2.24) is 29.9 Å². The number of carbonyl (C=O) groups is 1. The number of hydrogen-bond donors (Lipinski definition) is 0. The molecule has 1 aromatic carbocycles. The number of aromatic nitrogens is 5. The Kier molecular flexibility index (Phi) is 4.65. The summed E-state index contributed by atoms with van der Waals surface area (Å²) in [4.78, 5) is 26.7. The highest BCUT2D eigenvalue weighted by molar-refractivity contribution is 7.16. The average molecular weight is 405 g/mol. The van der Waals surface area contributed by atoms with Crippen LogP contribution in [0.25, 0.3) is 10.2 Å². The van der Waals surface area contributed by atoms with Gasteiger partial charge in [-0.05, 0) is 17.0 Å². The van der Waals surface area contributed by atoms with E-state index in [1.54, 1.807) is 28.5 Å². The molecule has 1 saturated heterocycles. The van der Waals surface area contributed by atoms with Crippen LogP contribution in [-0.2, 0) is 6.54 Å². The summed E-state index contributed by atoms with van der Waals surface area (Å²) in [5, 5.41) is 11.3. The number of thiophene rings is 1. The number of anilines is 1. The second kappa shape index (κ2) is 7.59. The molecule has 1 amide bonds. The first-order valence-electron chi connectivity index (χ1n) is 9.44. The van der Waals surface area contributed by atoms with Gasteiger partial charge in [0.1, 0.15) is 17.0 Å². The Bertz CT molecular complexity index is 1130. The minimum absolute atomic E-state index is 0.0765. The van der Waals surface area contributed by atoms with Gasteiger partial charge in [0.05, 0.1) is 18.1 Å². The molecule has 0 radical (unpaired) electrons. The van der Waals surface area contributed by atoms with E-state index in [-0.39, 0.29) is 5.91 Å². The van der Waals surface area contributed by atoms with E-state index in [9.17, 15) is 4.79 Å². The van der Waals surface area contributed by atoms with Gasteiger partial charge >= 0.3 is 0 Å². The van der Waals surface area contributed by atoms with Gasteiger partial charge in [-0.15, -0.1) is 16.4 Å². The number of amides is 1. The predicted molar refractivity (Wildman–Crippen MR) is 111 cm³/mol. The Morgan fingerprint density at radius 2 is 1.86 bits per heavy atom. The summed E-state index contributed by atoms with van der Waals surface area (Å²) < 4.78 is 1.70. The highest BCUT2D eigenvalue weighted by atomic mass is 32.1. The lowest BCUT2D eigenvalue weighted by Gasteiger charge is -2.35. The first-order chi connectivity index (χ1) is 14.3. The summed E-state index contributed by atoms with van der Waals surface area (Å²) in [5.74, 6) is 0.865. The Hall–Kier alpha value is -3.33. The molecule has 0 bridgehead atoms. The maximum Gasteiger partial charge on any atom is 0.276 e. The smallest absolute Gasteiger partial charge is 0.276 e. The average Bonchev–Trinajstić information content (AvgIpc) is 3.43. The summed E-state index contributed by atoms with van der Waals surface area (Å²) in [7, 11) is 0. The number of carbonyl (C=O) groups excluding carboxylic acids is 1. The molecular formula is C20H19N7OS. The monoisotopic (exact) mass is 405 g/mol. The molecule has 8 nitrogen and oxygen atoms in total. The van der Waals surface area contributed by atoms with Gasteiger partial charge in [-0.25, -0.2) is 14.6 Å². The van der Waals surface area contributed by atoms with Crippen molar-refractivity contribution in [2.24, 2.45) is 0 Å². The normalized spacial score (nSPS) is 14.5. The quantitative estimate of drug-likeness (QED) is 0.518. The molecular weight excluding hydrogens is 386 g/mol. The van der Waals surface area contributed by atoms with Crippen LogP contribution < -0.4 is 4.90 Å². The van der Waals surface area contributed by atoms with Gasteiger partial charge in [0, 0.05) is 26.2 Å². The van der Waals surface area contributed by atoms with E-state index in [0.29, 0.717) is 25.3 Å². The van der Waals surface area contributed by atoms with Crippen LogP contribution in [0.2, 0.25) is 0 Å². The van der Waals surface area contributed by atoms with Gasteiger partial charge in [0.2, 0.25) is 0 Å². The van der Waals surface area contributed by atoms with Gasteiger partial charge in [0.25, 0.3) is 5.91 Å². The fourth-order valence-corrected chi connectivity index (χ4v) is 4.28. The second-order valence-corrected chi connectivity index (χ2v) is 7.80. The maximum atomic E-state index is 12.8. The molecule has 0 saturated carbocycles. The molecule has 0 spiro atoms. The lowest BCUT2D eigenvalue weighted by atomic mass is 10.2. The van der Waals surface area contributed by atoms with E-state index in [0.717, 1.165) is 34.7 Å². The van der Waals surface area contributed by atoms with E-state index in [1.165, 1.54) is 0 Å². The molecule has 9 heteroatoms. The fourth-order valence-electron chi connectivity index (χ4n) is 3.56. The number of piperazine rings is 1. The van der Waals surface area contributed by atoms with Crippen molar-refractivity contribution in [3.8, 4) is 0 Å². The van der Waals surface area contributed by atoms with Crippen LogP contribution in [0.5, 0.6) is 0 Å². The van der Waals surface area contributed by atoms with Gasteiger partial charge < -0.3 is 9.80 Å². The topological polar surface area (TPSA) is 80.0 Å². The highest BCUT2D eigenvalue weighted by Gasteiger charge is 2.25. The molecule has 0 aliphatic carbocycles. The molecule has 1 aliphatic heterocycles. The van der Waals surface area contributed by atoms with Crippen molar-refractivity contribution >= 4 is 33.3 Å². The minimum atomic E-state index is -0.0765. The summed E-state index contributed by atoms with van der Waals surface area (Å²) in [6.07, 6.45) is 3.33. The SMILES string of the molecule is O=C(c1cn(Cc2ccccc2)nn1)N1CCN(c2ncnc3sccc23)CC1. The van der Waals surface area contributed by atoms with Crippen molar-refractivity contribution in [2.45, 2.75) is 6.54 Å². The van der Waals surface area contributed by atoms with E-state index in [2.05, 4.69) is 31.2 Å². The van der Waals surface area contributed by atoms with Crippen LogP contribution in [-0.4, -0.2) is 61.9 Å². The van der Waals surface area contributed by atoms with Crippen molar-refractivity contribution in [2.75, 3.05) is 31.1 Å². The Labute approximate surface area is 171 Å². The van der Waals surface area contributed by atoms with Crippen LogP contribution in [0.15, 0.2) is 54.3 Å². The molecule has 0 atom stereocenters. The van der Waals surface area contributed by atoms with Crippen LogP contribution in [0, 0.1) is 0 Å². The lowest BCUT2D eigenvalue weighted by molar-refractivity contribution is 0.0740. The molecule has 1 fully saturated rings. The highest BCUT2D eigenvalue weighted by Crippen LogP contribution is 2.27. The molecule has 3 aromatic heterocycles. The van der Waals surface area contributed by atoms with Crippen molar-refractivity contribution in [3.63, 3.8) is 0 Å². The molecule has 4 heterocycles. The Balaban J connectivity index is 1.24. The summed E-state index contributed by atoms with van der Waals surface area (Å²) in [6, 6.07) is 12.1. The third-order valence-electron chi connectivity index (χ3n) is 5.05. The van der Waals surface area contributed by atoms with Crippen LogP contribution in [0.4, 0.5) is 5.82 Å². The first-order valence-corrected chi connectivity index (χ1v) is 10.3.